The van der Waals surface area contributed by atoms with Gasteiger partial charge in [0, 0.05) is 55.2 Å². The Bertz CT molecular complexity index is 2390. The zero-order valence-corrected chi connectivity index (χ0v) is 52.2. The van der Waals surface area contributed by atoms with Gasteiger partial charge in [-0.2, -0.15) is 0 Å². The Labute approximate surface area is 485 Å². The van der Waals surface area contributed by atoms with Gasteiger partial charge in [-0.05, 0) is 122 Å². The molecule has 0 radical (unpaired) electrons. The van der Waals surface area contributed by atoms with Crippen LogP contribution >= 0.6 is 0 Å². The lowest BCUT2D eigenvalue weighted by Gasteiger charge is -2.18. The van der Waals surface area contributed by atoms with Crippen molar-refractivity contribution in [2.24, 2.45) is 5.92 Å². The van der Waals surface area contributed by atoms with E-state index in [9.17, 15) is 10.1 Å². The summed E-state index contributed by atoms with van der Waals surface area (Å²) in [6, 6.07) is 45.7. The van der Waals surface area contributed by atoms with Crippen LogP contribution in [-0.4, -0.2) is 48.5 Å². The molecule has 0 spiro atoms. The minimum atomic E-state index is -0.470. The Hall–Kier alpha value is -7.27. The van der Waals surface area contributed by atoms with Gasteiger partial charge in [-0.3, -0.25) is 25.1 Å². The topological polar surface area (TPSA) is 145 Å². The molecule has 11 nitrogen and oxygen atoms in total. The van der Waals surface area contributed by atoms with E-state index in [0.29, 0.717) is 11.7 Å². The number of para-hydroxylation sites is 2. The molecule has 1 aliphatic carbocycles. The number of anilines is 1. The lowest BCUT2D eigenvalue weighted by molar-refractivity contribution is -0.385. The van der Waals surface area contributed by atoms with E-state index in [1.54, 1.807) is 19.4 Å². The second-order valence-electron chi connectivity index (χ2n) is 17.5. The molecule has 1 aliphatic rings. The van der Waals surface area contributed by atoms with Gasteiger partial charge in [0.2, 0.25) is 0 Å². The number of ether oxygens (including phenoxy) is 1. The number of benzene rings is 3. The zero-order chi connectivity index (χ0) is 60.0. The number of hydrogen-bond acceptors (Lipinski definition) is 9. The summed E-state index contributed by atoms with van der Waals surface area (Å²) in [5.74, 6) is 4.39. The molecule has 0 unspecified atom stereocenters. The molecule has 3 aromatic carbocycles. The Balaban J connectivity index is 0. The third-order valence-corrected chi connectivity index (χ3v) is 11.7. The summed E-state index contributed by atoms with van der Waals surface area (Å²) in [7, 11) is 1.68. The average molecular weight is 1090 g/mol. The van der Waals surface area contributed by atoms with Crippen molar-refractivity contribution in [3.63, 3.8) is 0 Å². The van der Waals surface area contributed by atoms with E-state index in [0.717, 1.165) is 78.6 Å². The predicted molar refractivity (Wildman–Crippen MR) is 345 cm³/mol. The van der Waals surface area contributed by atoms with Gasteiger partial charge < -0.3 is 15.0 Å². The van der Waals surface area contributed by atoms with Gasteiger partial charge in [-0.15, -0.1) is 0 Å². The molecule has 0 saturated heterocycles. The third-order valence-electron chi connectivity index (χ3n) is 11.7. The molecule has 0 bridgehead atoms. The summed E-state index contributed by atoms with van der Waals surface area (Å²) >= 11 is 0. The normalized spacial score (nSPS) is 10.5. The van der Waals surface area contributed by atoms with Crippen LogP contribution in [0.1, 0.15) is 182 Å². The van der Waals surface area contributed by atoms with Crippen molar-refractivity contribution in [3.8, 4) is 5.75 Å². The predicted octanol–water partition coefficient (Wildman–Crippen LogP) is 19.6. The lowest BCUT2D eigenvalue weighted by Crippen LogP contribution is -2.03. The SMILES string of the molecule is CC.CC.CC.CC(C)c1ccccc1.CCC1CCCCC1.CCNc1ccc([N+](=O)[O-])cn1.CCc1ccc(OC)cc1.CCc1ccccn1.CCc1ccccn1.CCc1cccnc1.CCc1nc2ccccc2[nH]1. The van der Waals surface area contributed by atoms with Crippen LogP contribution in [0.4, 0.5) is 11.5 Å². The molecule has 2 N–H and O–H groups in total. The highest BCUT2D eigenvalue weighted by atomic mass is 16.6. The summed E-state index contributed by atoms with van der Waals surface area (Å²) in [5.41, 5.74) is 8.58. The van der Waals surface area contributed by atoms with Crippen LogP contribution in [-0.2, 0) is 32.1 Å². The van der Waals surface area contributed by atoms with Crippen molar-refractivity contribution in [3.05, 3.63) is 215 Å². The maximum absolute atomic E-state index is 10.2. The number of imidazole rings is 1. The Morgan fingerprint density at radius 2 is 1.15 bits per heavy atom. The van der Waals surface area contributed by atoms with Gasteiger partial charge in [0.1, 0.15) is 23.6 Å². The third kappa shape index (κ3) is 36.8. The van der Waals surface area contributed by atoms with Gasteiger partial charge >= 0.3 is 0 Å². The zero-order valence-electron chi connectivity index (χ0n) is 52.2. The number of nitro groups is 1. The molecule has 438 valence electrons. The van der Waals surface area contributed by atoms with E-state index in [-0.39, 0.29) is 5.69 Å². The van der Waals surface area contributed by atoms with Gasteiger partial charge in [0.15, 0.2) is 0 Å². The molecule has 0 aliphatic heterocycles. The van der Waals surface area contributed by atoms with Crippen LogP contribution < -0.4 is 10.1 Å². The molecule has 1 saturated carbocycles. The molecule has 0 amide bonds. The Morgan fingerprint density at radius 3 is 1.51 bits per heavy atom. The Morgan fingerprint density at radius 1 is 0.588 bits per heavy atom. The minimum Gasteiger partial charge on any atom is -0.497 e. The number of aryl methyl sites for hydroxylation is 5. The van der Waals surface area contributed by atoms with Gasteiger partial charge in [0.25, 0.3) is 5.69 Å². The van der Waals surface area contributed by atoms with E-state index in [4.69, 9.17) is 4.74 Å². The van der Waals surface area contributed by atoms with Crippen LogP contribution in [0.2, 0.25) is 0 Å². The first-order valence-corrected chi connectivity index (χ1v) is 29.7. The second kappa shape index (κ2) is 52.4. The highest BCUT2D eigenvalue weighted by Crippen LogP contribution is 2.25. The number of rotatable bonds is 11. The molecule has 5 heterocycles. The van der Waals surface area contributed by atoms with Crippen molar-refractivity contribution < 1.29 is 9.66 Å². The fourth-order valence-electron chi connectivity index (χ4n) is 7.07. The molecule has 0 atom stereocenters. The van der Waals surface area contributed by atoms with Crippen molar-refractivity contribution in [1.82, 2.24) is 29.9 Å². The van der Waals surface area contributed by atoms with E-state index in [1.165, 1.54) is 67.5 Å². The fraction of sp³-hybridized carbons (Fsp3) is 0.435. The van der Waals surface area contributed by atoms with Gasteiger partial charge in [-0.1, -0.05) is 208 Å². The number of pyridine rings is 4. The maximum Gasteiger partial charge on any atom is 0.287 e. The highest BCUT2D eigenvalue weighted by molar-refractivity contribution is 5.74. The van der Waals surface area contributed by atoms with Gasteiger partial charge in [0.05, 0.1) is 23.1 Å². The van der Waals surface area contributed by atoms with Crippen molar-refractivity contribution >= 4 is 22.5 Å². The number of H-pyrrole nitrogens is 1. The molecular weight excluding hydrogens is 989 g/mol. The smallest absolute Gasteiger partial charge is 0.287 e. The standard InChI is InChI=1S/C9H10N2.C9H12O.C9H12.C8H16.C7H9N3O2.3C7H9N.3C2H6/c1-2-9-10-7-5-3-4-6-8(7)11-9;1-3-8-4-6-9(10-2)7-5-8;1-8(2)9-6-4-3-5-7-9;1-2-8-6-4-3-5-7-8;1-2-8-7-4-3-6(5-9-7)10(11)12;1-2-7-4-3-5-8-6-7;2*1-2-7-5-3-4-6-8-7;3*1-2/h3-6H,2H2,1H3,(H,10,11);4-7H,3H2,1-2H3;3-8H,1-2H3;8H,2-7H2,1H3;3-5H,2H2,1H3,(H,8,9);3*3-6H,2H2,1H3;3*1-2H3. The molecule has 1 fully saturated rings. The van der Waals surface area contributed by atoms with E-state index in [1.807, 2.05) is 152 Å². The first-order chi connectivity index (χ1) is 39.0. The highest BCUT2D eigenvalue weighted by Gasteiger charge is 2.09. The molecule has 9 rings (SSSR count). The number of aromatic amines is 1. The number of nitrogens with one attached hydrogen (secondary N) is 2. The van der Waals surface area contributed by atoms with Crippen molar-refractivity contribution in [2.45, 2.75) is 180 Å². The largest absolute Gasteiger partial charge is 0.497 e. The summed E-state index contributed by atoms with van der Waals surface area (Å²) in [4.78, 5) is 33.3. The summed E-state index contributed by atoms with van der Waals surface area (Å²) in [5, 5.41) is 13.2. The van der Waals surface area contributed by atoms with Crippen molar-refractivity contribution in [1.29, 1.82) is 0 Å². The first-order valence-electron chi connectivity index (χ1n) is 29.7. The molecule has 80 heavy (non-hydrogen) atoms. The van der Waals surface area contributed by atoms with Gasteiger partial charge in [-0.25, -0.2) is 9.97 Å². The molecular formula is C69H104N8O3. The second-order valence-corrected chi connectivity index (χ2v) is 17.5. The summed E-state index contributed by atoms with van der Waals surface area (Å²) in [6.45, 7) is 32.0. The van der Waals surface area contributed by atoms with E-state index in [2.05, 4.69) is 133 Å². The number of methoxy groups -OCH3 is 1. The monoisotopic (exact) mass is 1090 g/mol. The maximum atomic E-state index is 10.2. The number of nitrogens with zero attached hydrogens (tertiary/aromatic N) is 6. The number of aromatic nitrogens is 6. The fourth-order valence-corrected chi connectivity index (χ4v) is 7.07. The Kier molecular flexibility index (Phi) is 49.0. The van der Waals surface area contributed by atoms with Crippen LogP contribution in [0.15, 0.2) is 171 Å². The molecule has 8 aromatic rings. The van der Waals surface area contributed by atoms with Crippen LogP contribution in [0.25, 0.3) is 11.0 Å². The van der Waals surface area contributed by atoms with E-state index >= 15 is 0 Å². The summed E-state index contributed by atoms with van der Waals surface area (Å²) < 4.78 is 5.01. The summed E-state index contributed by atoms with van der Waals surface area (Å²) in [6.07, 6.45) is 22.7. The van der Waals surface area contributed by atoms with Crippen LogP contribution in [0.5, 0.6) is 5.75 Å². The molecule has 11 heteroatoms. The minimum absolute atomic E-state index is 0.0108. The van der Waals surface area contributed by atoms with Crippen molar-refractivity contribution in [2.75, 3.05) is 19.0 Å². The van der Waals surface area contributed by atoms with Crippen LogP contribution in [0, 0.1) is 16.0 Å². The van der Waals surface area contributed by atoms with Crippen LogP contribution in [0.3, 0.4) is 0 Å². The average Bonchev–Trinajstić information content (AvgIpc) is 3.99. The quantitative estimate of drug-likeness (QED) is 0.0955. The van der Waals surface area contributed by atoms with E-state index < -0.39 is 4.92 Å². The lowest BCUT2D eigenvalue weighted by atomic mass is 9.88. The molecule has 5 aromatic heterocycles. The number of fused-ring (bicyclic) bond motifs is 1. The number of hydrogen-bond donors (Lipinski definition) is 2. The first kappa shape index (κ1) is 74.8.